The Balaban J connectivity index is 1.67. The van der Waals surface area contributed by atoms with Crippen molar-refractivity contribution in [3.63, 3.8) is 0 Å². The van der Waals surface area contributed by atoms with E-state index in [2.05, 4.69) is 5.32 Å². The van der Waals surface area contributed by atoms with E-state index < -0.39 is 0 Å². The van der Waals surface area contributed by atoms with Gasteiger partial charge in [0.25, 0.3) is 5.91 Å². The summed E-state index contributed by atoms with van der Waals surface area (Å²) in [4.78, 5) is 12.6. The highest BCUT2D eigenvalue weighted by Crippen LogP contribution is 2.31. The van der Waals surface area contributed by atoms with Crippen LogP contribution in [0.5, 0.6) is 0 Å². The van der Waals surface area contributed by atoms with Crippen LogP contribution in [0.3, 0.4) is 0 Å². The van der Waals surface area contributed by atoms with Gasteiger partial charge in [-0.3, -0.25) is 4.79 Å². The molecule has 4 rings (SSSR count). The second kappa shape index (κ2) is 5.74. The van der Waals surface area contributed by atoms with Crippen molar-refractivity contribution in [2.75, 3.05) is 13.2 Å². The highest BCUT2D eigenvalue weighted by molar-refractivity contribution is 6.07. The van der Waals surface area contributed by atoms with E-state index in [1.807, 2.05) is 41.8 Å². The van der Waals surface area contributed by atoms with E-state index in [0.29, 0.717) is 12.2 Å². The van der Waals surface area contributed by atoms with Gasteiger partial charge in [0, 0.05) is 31.1 Å². The number of carbonyl (C=O) groups is 1. The van der Waals surface area contributed by atoms with Crippen LogP contribution in [0.4, 0.5) is 0 Å². The van der Waals surface area contributed by atoms with Crippen LogP contribution >= 0.6 is 0 Å². The van der Waals surface area contributed by atoms with E-state index in [-0.39, 0.29) is 12.0 Å². The highest BCUT2D eigenvalue weighted by Gasteiger charge is 2.21. The predicted octanol–water partition coefficient (Wildman–Crippen LogP) is 3.32. The fraction of sp³-hybridized carbons (Fsp3) is 0.389. The summed E-state index contributed by atoms with van der Waals surface area (Å²) in [5.74, 6) is -0.0715. The van der Waals surface area contributed by atoms with Gasteiger partial charge in [-0.2, -0.15) is 0 Å². The normalized spacial score (nSPS) is 18.0. The number of para-hydroxylation sites is 1. The quantitative estimate of drug-likeness (QED) is 0.804. The molecule has 5 heteroatoms. The van der Waals surface area contributed by atoms with E-state index >= 15 is 0 Å². The number of rotatable bonds is 4. The van der Waals surface area contributed by atoms with Crippen LogP contribution in [0.1, 0.15) is 30.3 Å². The van der Waals surface area contributed by atoms with Crippen molar-refractivity contribution in [3.05, 3.63) is 36.0 Å². The Morgan fingerprint density at radius 3 is 3.00 bits per heavy atom. The molecule has 3 aromatic rings. The molecule has 1 atom stereocenters. The number of aryl methyl sites for hydroxylation is 1. The predicted molar refractivity (Wildman–Crippen MR) is 88.7 cm³/mol. The summed E-state index contributed by atoms with van der Waals surface area (Å²) in [5, 5.41) is 4.03. The molecule has 5 nitrogen and oxygen atoms in total. The number of carbonyl (C=O) groups excluding carboxylic acids is 1. The van der Waals surface area contributed by atoms with Gasteiger partial charge >= 0.3 is 0 Å². The van der Waals surface area contributed by atoms with E-state index in [9.17, 15) is 4.79 Å². The summed E-state index contributed by atoms with van der Waals surface area (Å²) in [6, 6.07) is 9.76. The molecule has 0 radical (unpaired) electrons. The van der Waals surface area contributed by atoms with Crippen LogP contribution in [-0.4, -0.2) is 29.7 Å². The molecule has 1 N–H and O–H groups in total. The molecule has 23 heavy (non-hydrogen) atoms. The number of amides is 1. The number of fused-ring (bicyclic) bond motifs is 3. The fourth-order valence-corrected chi connectivity index (χ4v) is 3.37. The minimum absolute atomic E-state index is 0.0715. The molecule has 1 aliphatic rings. The van der Waals surface area contributed by atoms with Crippen molar-refractivity contribution in [1.29, 1.82) is 0 Å². The molecule has 3 heterocycles. The number of benzene rings is 1. The van der Waals surface area contributed by atoms with Gasteiger partial charge in [-0.1, -0.05) is 12.1 Å². The van der Waals surface area contributed by atoms with Crippen molar-refractivity contribution in [3.8, 4) is 0 Å². The monoisotopic (exact) mass is 312 g/mol. The molecule has 1 unspecified atom stereocenters. The van der Waals surface area contributed by atoms with Gasteiger partial charge in [-0.05, 0) is 31.9 Å². The Bertz CT molecular complexity index is 856. The van der Waals surface area contributed by atoms with Crippen LogP contribution in [-0.2, 0) is 11.3 Å². The average molecular weight is 312 g/mol. The Morgan fingerprint density at radius 1 is 1.35 bits per heavy atom. The van der Waals surface area contributed by atoms with E-state index in [0.717, 1.165) is 48.1 Å². The molecule has 1 aromatic carbocycles. The molecule has 120 valence electrons. The van der Waals surface area contributed by atoms with E-state index in [1.165, 1.54) is 0 Å². The Labute approximate surface area is 134 Å². The number of hydrogen-bond donors (Lipinski definition) is 1. The number of nitrogens with one attached hydrogen (secondary N) is 1. The first-order valence-electron chi connectivity index (χ1n) is 8.18. The second-order valence-electron chi connectivity index (χ2n) is 5.93. The standard InChI is InChI=1S/C18H20N2O3/c1-2-20-14(18(21)19-11-12-6-5-9-22-12)10-16-17(20)13-7-3-4-8-15(13)23-16/h3-4,7-8,10,12H,2,5-6,9,11H2,1H3,(H,19,21). The van der Waals surface area contributed by atoms with Crippen molar-refractivity contribution >= 4 is 28.0 Å². The lowest BCUT2D eigenvalue weighted by Crippen LogP contribution is -2.33. The largest absolute Gasteiger partial charge is 0.454 e. The number of hydrogen-bond acceptors (Lipinski definition) is 3. The smallest absolute Gasteiger partial charge is 0.268 e. The van der Waals surface area contributed by atoms with Crippen LogP contribution in [0, 0.1) is 0 Å². The van der Waals surface area contributed by atoms with Gasteiger partial charge < -0.3 is 19.0 Å². The molecule has 0 aliphatic carbocycles. The molecule has 1 saturated heterocycles. The summed E-state index contributed by atoms with van der Waals surface area (Å²) in [6.45, 7) is 4.12. The maximum absolute atomic E-state index is 12.6. The number of furan rings is 1. The molecular weight excluding hydrogens is 292 g/mol. The summed E-state index contributed by atoms with van der Waals surface area (Å²) in [5.41, 5.74) is 3.25. The van der Waals surface area contributed by atoms with E-state index in [4.69, 9.17) is 9.15 Å². The topological polar surface area (TPSA) is 56.4 Å². The van der Waals surface area contributed by atoms with Gasteiger partial charge in [-0.25, -0.2) is 0 Å². The molecular formula is C18H20N2O3. The zero-order chi connectivity index (χ0) is 15.8. The SMILES string of the molecule is CCn1c(C(=O)NCC2CCCO2)cc2oc3ccccc3c21. The Hall–Kier alpha value is -2.27. The summed E-state index contributed by atoms with van der Waals surface area (Å²) in [6.07, 6.45) is 2.24. The number of nitrogens with zero attached hydrogens (tertiary/aromatic N) is 1. The van der Waals surface area contributed by atoms with Gasteiger partial charge in [0.1, 0.15) is 11.3 Å². The zero-order valence-corrected chi connectivity index (χ0v) is 13.2. The molecule has 0 saturated carbocycles. The maximum atomic E-state index is 12.6. The molecule has 1 amide bonds. The summed E-state index contributed by atoms with van der Waals surface area (Å²) in [7, 11) is 0. The lowest BCUT2D eigenvalue weighted by molar-refractivity contribution is 0.0850. The molecule has 1 aliphatic heterocycles. The minimum atomic E-state index is -0.0715. The first-order valence-corrected chi connectivity index (χ1v) is 8.18. The summed E-state index contributed by atoms with van der Waals surface area (Å²) < 4.78 is 13.5. The lowest BCUT2D eigenvalue weighted by Gasteiger charge is -2.12. The van der Waals surface area contributed by atoms with Crippen LogP contribution in [0.25, 0.3) is 22.1 Å². The van der Waals surface area contributed by atoms with Gasteiger partial charge in [-0.15, -0.1) is 0 Å². The minimum Gasteiger partial charge on any atom is -0.454 e. The molecule has 0 bridgehead atoms. The van der Waals surface area contributed by atoms with Crippen molar-refractivity contribution < 1.29 is 13.9 Å². The van der Waals surface area contributed by atoms with Crippen molar-refractivity contribution in [1.82, 2.24) is 9.88 Å². The van der Waals surface area contributed by atoms with Crippen molar-refractivity contribution in [2.24, 2.45) is 0 Å². The molecule has 0 spiro atoms. The van der Waals surface area contributed by atoms with Crippen LogP contribution in [0.2, 0.25) is 0 Å². The Kier molecular flexibility index (Phi) is 3.58. The fourth-order valence-electron chi connectivity index (χ4n) is 3.37. The maximum Gasteiger partial charge on any atom is 0.268 e. The zero-order valence-electron chi connectivity index (χ0n) is 13.2. The molecule has 1 fully saturated rings. The van der Waals surface area contributed by atoms with Crippen molar-refractivity contribution in [2.45, 2.75) is 32.4 Å². The van der Waals surface area contributed by atoms with Gasteiger partial charge in [0.15, 0.2) is 5.58 Å². The number of aromatic nitrogens is 1. The third-order valence-electron chi connectivity index (χ3n) is 4.49. The lowest BCUT2D eigenvalue weighted by atomic mass is 10.2. The van der Waals surface area contributed by atoms with Gasteiger partial charge in [0.05, 0.1) is 11.6 Å². The average Bonchev–Trinajstić information content (AvgIpc) is 3.27. The second-order valence-corrected chi connectivity index (χ2v) is 5.93. The Morgan fingerprint density at radius 2 is 2.22 bits per heavy atom. The van der Waals surface area contributed by atoms with E-state index in [1.54, 1.807) is 0 Å². The highest BCUT2D eigenvalue weighted by atomic mass is 16.5. The number of ether oxygens (including phenoxy) is 1. The van der Waals surface area contributed by atoms with Crippen LogP contribution in [0.15, 0.2) is 34.7 Å². The third-order valence-corrected chi connectivity index (χ3v) is 4.49. The first-order chi connectivity index (χ1) is 11.3. The van der Waals surface area contributed by atoms with Gasteiger partial charge in [0.2, 0.25) is 0 Å². The molecule has 2 aromatic heterocycles. The first kappa shape index (κ1) is 14.3. The van der Waals surface area contributed by atoms with Crippen LogP contribution < -0.4 is 5.32 Å². The third kappa shape index (κ3) is 2.41. The summed E-state index contributed by atoms with van der Waals surface area (Å²) >= 11 is 0.